The van der Waals surface area contributed by atoms with Gasteiger partial charge in [0, 0.05) is 18.1 Å². The molecule has 1 aromatic heterocycles. The summed E-state index contributed by atoms with van der Waals surface area (Å²) in [5.41, 5.74) is 6.79. The van der Waals surface area contributed by atoms with Crippen LogP contribution in [0.15, 0.2) is 29.6 Å². The SMILES string of the molecule is CN(C(=O)c1csc(I)c1)c1ccc(N)cc1C(=O)O. The zero-order valence-corrected chi connectivity index (χ0v) is 13.4. The van der Waals surface area contributed by atoms with Crippen LogP contribution in [-0.2, 0) is 0 Å². The monoisotopic (exact) mass is 402 g/mol. The molecule has 0 radical (unpaired) electrons. The van der Waals surface area contributed by atoms with E-state index in [0.717, 1.165) is 2.88 Å². The molecule has 0 spiro atoms. The van der Waals surface area contributed by atoms with Gasteiger partial charge in [-0.25, -0.2) is 4.79 Å². The van der Waals surface area contributed by atoms with Crippen molar-refractivity contribution in [3.8, 4) is 0 Å². The van der Waals surface area contributed by atoms with E-state index in [9.17, 15) is 14.7 Å². The number of benzene rings is 1. The number of thiophene rings is 1. The van der Waals surface area contributed by atoms with Crippen molar-refractivity contribution in [3.63, 3.8) is 0 Å². The van der Waals surface area contributed by atoms with E-state index in [4.69, 9.17) is 5.73 Å². The van der Waals surface area contributed by atoms with E-state index in [0.29, 0.717) is 16.9 Å². The fourth-order valence-electron chi connectivity index (χ4n) is 1.74. The number of hydrogen-bond acceptors (Lipinski definition) is 4. The number of carbonyl (C=O) groups is 2. The highest BCUT2D eigenvalue weighted by Crippen LogP contribution is 2.25. The molecule has 0 aliphatic rings. The standard InChI is InChI=1S/C13H11IN2O3S/c1-16(12(17)7-4-11(14)20-6-7)10-3-2-8(15)5-9(10)13(18)19/h2-6H,15H2,1H3,(H,18,19). The van der Waals surface area contributed by atoms with E-state index in [1.54, 1.807) is 24.6 Å². The topological polar surface area (TPSA) is 83.6 Å². The van der Waals surface area contributed by atoms with Gasteiger partial charge in [-0.1, -0.05) is 0 Å². The maximum absolute atomic E-state index is 12.3. The van der Waals surface area contributed by atoms with Crippen molar-refractivity contribution in [2.45, 2.75) is 0 Å². The van der Waals surface area contributed by atoms with Crippen LogP contribution in [0.3, 0.4) is 0 Å². The molecule has 0 bridgehead atoms. The second kappa shape index (κ2) is 5.80. The predicted octanol–water partition coefficient (Wildman–Crippen LogP) is 2.91. The number of carbonyl (C=O) groups excluding carboxylic acids is 1. The van der Waals surface area contributed by atoms with Gasteiger partial charge in [0.2, 0.25) is 0 Å². The summed E-state index contributed by atoms with van der Waals surface area (Å²) in [7, 11) is 1.55. The van der Waals surface area contributed by atoms with Crippen molar-refractivity contribution in [3.05, 3.63) is 43.7 Å². The molecule has 0 aliphatic heterocycles. The summed E-state index contributed by atoms with van der Waals surface area (Å²) in [6.45, 7) is 0. The largest absolute Gasteiger partial charge is 0.478 e. The van der Waals surface area contributed by atoms with Crippen LogP contribution < -0.4 is 10.6 Å². The summed E-state index contributed by atoms with van der Waals surface area (Å²) in [6, 6.07) is 6.22. The lowest BCUT2D eigenvalue weighted by Gasteiger charge is -2.19. The molecule has 1 amide bonds. The molecule has 20 heavy (non-hydrogen) atoms. The first-order valence-corrected chi connectivity index (χ1v) is 7.51. The van der Waals surface area contributed by atoms with Crippen molar-refractivity contribution in [2.75, 3.05) is 17.7 Å². The minimum atomic E-state index is -1.12. The van der Waals surface area contributed by atoms with Gasteiger partial charge in [0.05, 0.1) is 19.7 Å². The highest BCUT2D eigenvalue weighted by Gasteiger charge is 2.20. The second-order valence-electron chi connectivity index (χ2n) is 4.09. The third kappa shape index (κ3) is 2.93. The zero-order valence-electron chi connectivity index (χ0n) is 10.5. The molecule has 0 saturated heterocycles. The Morgan fingerprint density at radius 1 is 1.35 bits per heavy atom. The Morgan fingerprint density at radius 2 is 2.05 bits per heavy atom. The maximum atomic E-state index is 12.3. The lowest BCUT2D eigenvalue weighted by atomic mass is 10.1. The van der Waals surface area contributed by atoms with E-state index in [1.807, 2.05) is 0 Å². The highest BCUT2D eigenvalue weighted by molar-refractivity contribution is 14.1. The Morgan fingerprint density at radius 3 is 2.60 bits per heavy atom. The third-order valence-electron chi connectivity index (χ3n) is 2.73. The molecular formula is C13H11IN2O3S. The zero-order chi connectivity index (χ0) is 14.9. The maximum Gasteiger partial charge on any atom is 0.337 e. The fourth-order valence-corrected chi connectivity index (χ4v) is 3.06. The van der Waals surface area contributed by atoms with E-state index < -0.39 is 5.97 Å². The van der Waals surface area contributed by atoms with Crippen molar-refractivity contribution in [1.29, 1.82) is 0 Å². The van der Waals surface area contributed by atoms with Gasteiger partial charge in [0.25, 0.3) is 5.91 Å². The van der Waals surface area contributed by atoms with Crippen molar-refractivity contribution < 1.29 is 14.7 Å². The summed E-state index contributed by atoms with van der Waals surface area (Å²) in [5, 5.41) is 11.0. The third-order valence-corrected chi connectivity index (χ3v) is 4.52. The van der Waals surface area contributed by atoms with Crippen molar-refractivity contribution >= 4 is 57.2 Å². The number of aromatic carboxylic acids is 1. The van der Waals surface area contributed by atoms with Gasteiger partial charge in [-0.05, 0) is 46.9 Å². The molecule has 0 unspecified atom stereocenters. The average Bonchev–Trinajstić information content (AvgIpc) is 2.83. The van der Waals surface area contributed by atoms with E-state index in [1.165, 1.54) is 28.4 Å². The van der Waals surface area contributed by atoms with Crippen LogP contribution in [0, 0.1) is 2.88 Å². The Hall–Kier alpha value is -1.61. The first kappa shape index (κ1) is 14.8. The molecule has 104 valence electrons. The molecule has 1 heterocycles. The summed E-state index contributed by atoms with van der Waals surface area (Å²) >= 11 is 3.59. The van der Waals surface area contributed by atoms with Crippen LogP contribution in [-0.4, -0.2) is 24.0 Å². The first-order valence-electron chi connectivity index (χ1n) is 5.55. The number of nitrogens with zero attached hydrogens (tertiary/aromatic N) is 1. The van der Waals surface area contributed by atoms with E-state index >= 15 is 0 Å². The average molecular weight is 402 g/mol. The van der Waals surface area contributed by atoms with E-state index in [2.05, 4.69) is 22.6 Å². The molecule has 2 rings (SSSR count). The number of carboxylic acid groups (broad SMARTS) is 1. The number of halogens is 1. The molecule has 1 aromatic carbocycles. The number of amides is 1. The van der Waals surface area contributed by atoms with Gasteiger partial charge < -0.3 is 15.7 Å². The molecule has 0 fully saturated rings. The summed E-state index contributed by atoms with van der Waals surface area (Å²) in [5.74, 6) is -1.37. The number of rotatable bonds is 3. The number of anilines is 2. The molecule has 0 aliphatic carbocycles. The Kier molecular flexibility index (Phi) is 4.29. The first-order chi connectivity index (χ1) is 9.40. The Bertz CT molecular complexity index is 684. The summed E-state index contributed by atoms with van der Waals surface area (Å²) in [6.07, 6.45) is 0. The van der Waals surface area contributed by atoms with Crippen LogP contribution in [0.1, 0.15) is 20.7 Å². The minimum absolute atomic E-state index is 0.00535. The van der Waals surface area contributed by atoms with Crippen molar-refractivity contribution in [1.82, 2.24) is 0 Å². The molecule has 0 atom stereocenters. The van der Waals surface area contributed by atoms with Gasteiger partial charge in [-0.15, -0.1) is 11.3 Å². The molecule has 2 aromatic rings. The Balaban J connectivity index is 2.40. The number of hydrogen-bond donors (Lipinski definition) is 2. The minimum Gasteiger partial charge on any atom is -0.478 e. The lowest BCUT2D eigenvalue weighted by molar-refractivity contribution is 0.0698. The number of nitrogen functional groups attached to an aromatic ring is 1. The smallest absolute Gasteiger partial charge is 0.337 e. The number of carboxylic acids is 1. The predicted molar refractivity (Wildman–Crippen MR) is 87.6 cm³/mol. The number of nitrogens with two attached hydrogens (primary N) is 1. The fraction of sp³-hybridized carbons (Fsp3) is 0.0769. The molecule has 3 N–H and O–H groups in total. The molecule has 0 saturated carbocycles. The Labute approximate surface area is 133 Å². The van der Waals surface area contributed by atoms with Crippen LogP contribution in [0.2, 0.25) is 0 Å². The van der Waals surface area contributed by atoms with Gasteiger partial charge in [0.1, 0.15) is 0 Å². The van der Waals surface area contributed by atoms with E-state index in [-0.39, 0.29) is 11.5 Å². The molecule has 7 heteroatoms. The molecular weight excluding hydrogens is 391 g/mol. The van der Waals surface area contributed by atoms with Crippen LogP contribution in [0.5, 0.6) is 0 Å². The molecule has 5 nitrogen and oxygen atoms in total. The quantitative estimate of drug-likeness (QED) is 0.611. The normalized spacial score (nSPS) is 10.3. The van der Waals surface area contributed by atoms with Crippen LogP contribution in [0.25, 0.3) is 0 Å². The van der Waals surface area contributed by atoms with Gasteiger partial charge in [-0.2, -0.15) is 0 Å². The summed E-state index contributed by atoms with van der Waals surface area (Å²) < 4.78 is 0.995. The van der Waals surface area contributed by atoms with Gasteiger partial charge in [0.15, 0.2) is 0 Å². The van der Waals surface area contributed by atoms with Crippen molar-refractivity contribution in [2.24, 2.45) is 0 Å². The van der Waals surface area contributed by atoms with Gasteiger partial charge >= 0.3 is 5.97 Å². The van der Waals surface area contributed by atoms with Crippen LogP contribution in [0.4, 0.5) is 11.4 Å². The van der Waals surface area contributed by atoms with Crippen LogP contribution >= 0.6 is 33.9 Å². The lowest BCUT2D eigenvalue weighted by Crippen LogP contribution is -2.27. The van der Waals surface area contributed by atoms with Gasteiger partial charge in [-0.3, -0.25) is 4.79 Å². The summed E-state index contributed by atoms with van der Waals surface area (Å²) in [4.78, 5) is 24.9. The highest BCUT2D eigenvalue weighted by atomic mass is 127. The second-order valence-corrected chi connectivity index (χ2v) is 6.89.